The summed E-state index contributed by atoms with van der Waals surface area (Å²) in [6.45, 7) is 4.99. The monoisotopic (exact) mass is 484 g/mol. The summed E-state index contributed by atoms with van der Waals surface area (Å²) < 4.78 is 15.1. The van der Waals surface area contributed by atoms with Crippen molar-refractivity contribution in [1.82, 2.24) is 14.5 Å². The van der Waals surface area contributed by atoms with E-state index in [2.05, 4.69) is 14.8 Å². The summed E-state index contributed by atoms with van der Waals surface area (Å²) in [5, 5.41) is 11.1. The number of aryl methyl sites for hydroxylation is 1. The number of anilines is 1. The van der Waals surface area contributed by atoms with Crippen molar-refractivity contribution in [2.24, 2.45) is 0 Å². The van der Waals surface area contributed by atoms with Crippen molar-refractivity contribution in [1.29, 1.82) is 0 Å². The number of hydrogen-bond donors (Lipinski definition) is 1. The van der Waals surface area contributed by atoms with Gasteiger partial charge in [0.05, 0.1) is 23.8 Å². The Morgan fingerprint density at radius 2 is 1.64 bits per heavy atom. The van der Waals surface area contributed by atoms with Gasteiger partial charge in [-0.25, -0.2) is 4.39 Å². The molecule has 5 rings (SSSR count). The first-order valence-corrected chi connectivity index (χ1v) is 12.1. The Kier molecular flexibility index (Phi) is 6.82. The maximum atomic E-state index is 13.9. The van der Waals surface area contributed by atoms with Crippen LogP contribution in [0.25, 0.3) is 0 Å². The van der Waals surface area contributed by atoms with Gasteiger partial charge in [0.1, 0.15) is 11.6 Å². The number of rotatable bonds is 6. The minimum Gasteiger partial charge on any atom is -0.507 e. The lowest BCUT2D eigenvalue weighted by Gasteiger charge is -2.40. The fourth-order valence-corrected chi connectivity index (χ4v) is 4.93. The van der Waals surface area contributed by atoms with Gasteiger partial charge in [-0.3, -0.25) is 14.7 Å². The Labute approximate surface area is 209 Å². The molecule has 1 fully saturated rings. The van der Waals surface area contributed by atoms with Crippen molar-refractivity contribution in [3.05, 3.63) is 124 Å². The van der Waals surface area contributed by atoms with Crippen LogP contribution in [0.3, 0.4) is 0 Å². The van der Waals surface area contributed by atoms with E-state index in [4.69, 9.17) is 0 Å². The molecule has 0 radical (unpaired) electrons. The lowest BCUT2D eigenvalue weighted by Crippen LogP contribution is -2.49. The molecular weight excluding hydrogens is 455 g/mol. The van der Waals surface area contributed by atoms with E-state index >= 15 is 0 Å². The van der Waals surface area contributed by atoms with Gasteiger partial charge < -0.3 is 14.6 Å². The smallest absolute Gasteiger partial charge is 0.260 e. The first-order valence-electron chi connectivity index (χ1n) is 12.1. The zero-order valence-electron chi connectivity index (χ0n) is 20.2. The van der Waals surface area contributed by atoms with E-state index in [1.165, 1.54) is 12.1 Å². The van der Waals surface area contributed by atoms with E-state index in [9.17, 15) is 14.3 Å². The summed E-state index contributed by atoms with van der Waals surface area (Å²) in [7, 11) is 0. The molecule has 2 aromatic carbocycles. The lowest BCUT2D eigenvalue weighted by molar-refractivity contribution is 0.204. The Morgan fingerprint density at radius 3 is 2.31 bits per heavy atom. The summed E-state index contributed by atoms with van der Waals surface area (Å²) in [6, 6.07) is 23.2. The van der Waals surface area contributed by atoms with E-state index in [1.54, 1.807) is 29.0 Å². The second-order valence-electron chi connectivity index (χ2n) is 9.12. The third kappa shape index (κ3) is 4.88. The Hall–Kier alpha value is -3.97. The largest absolute Gasteiger partial charge is 0.507 e. The molecule has 0 aliphatic carbocycles. The highest BCUT2D eigenvalue weighted by molar-refractivity contribution is 5.47. The topological polar surface area (TPSA) is 61.6 Å². The summed E-state index contributed by atoms with van der Waals surface area (Å²) in [5.74, 6) is -0.271. The number of halogens is 1. The summed E-state index contributed by atoms with van der Waals surface area (Å²) in [5.41, 5.74) is 3.52. The van der Waals surface area contributed by atoms with Gasteiger partial charge in [0.25, 0.3) is 5.56 Å². The van der Waals surface area contributed by atoms with Crippen molar-refractivity contribution in [2.45, 2.75) is 19.5 Å². The van der Waals surface area contributed by atoms with Gasteiger partial charge in [0.15, 0.2) is 0 Å². The number of benzene rings is 2. The van der Waals surface area contributed by atoms with Gasteiger partial charge in [0, 0.05) is 43.8 Å². The third-order valence-corrected chi connectivity index (χ3v) is 6.82. The molecule has 0 bridgehead atoms. The molecule has 0 spiro atoms. The zero-order chi connectivity index (χ0) is 25.1. The summed E-state index contributed by atoms with van der Waals surface area (Å²) in [6.07, 6.45) is 1.71. The number of aromatic hydroxyl groups is 1. The fraction of sp³-hybridized carbons (Fsp3) is 0.241. The number of aromatic nitrogens is 2. The molecule has 7 heteroatoms. The van der Waals surface area contributed by atoms with Crippen molar-refractivity contribution in [2.75, 3.05) is 31.1 Å². The van der Waals surface area contributed by atoms with Crippen LogP contribution in [0.5, 0.6) is 5.75 Å². The number of piperazine rings is 1. The van der Waals surface area contributed by atoms with Gasteiger partial charge in [0.2, 0.25) is 0 Å². The Balaban J connectivity index is 1.50. The van der Waals surface area contributed by atoms with Crippen molar-refractivity contribution >= 4 is 5.69 Å². The van der Waals surface area contributed by atoms with E-state index in [1.807, 2.05) is 55.5 Å². The molecule has 2 aromatic heterocycles. The maximum Gasteiger partial charge on any atom is 0.260 e. The van der Waals surface area contributed by atoms with Crippen LogP contribution < -0.4 is 10.5 Å². The highest BCUT2D eigenvalue weighted by Gasteiger charge is 2.32. The zero-order valence-corrected chi connectivity index (χ0v) is 20.2. The van der Waals surface area contributed by atoms with Gasteiger partial charge in [-0.05, 0) is 55.0 Å². The highest BCUT2D eigenvalue weighted by atomic mass is 19.1. The molecule has 4 aromatic rings. The van der Waals surface area contributed by atoms with Crippen LogP contribution in [0.15, 0.2) is 89.9 Å². The standard InChI is InChI=1S/C29H29FN4O2/c1-21-19-26(35)27(29(36)34(21)20-22-7-3-2-4-8-22)28(25-9-5-6-14-31-25)33-17-15-32(16-18-33)24-12-10-23(30)11-13-24/h2-14,19,28,35H,15-18,20H2,1H3. The van der Waals surface area contributed by atoms with Crippen LogP contribution >= 0.6 is 0 Å². The average molecular weight is 485 g/mol. The number of hydrogen-bond acceptors (Lipinski definition) is 5. The predicted molar refractivity (Wildman–Crippen MR) is 139 cm³/mol. The van der Waals surface area contributed by atoms with Crippen molar-refractivity contribution in [3.8, 4) is 5.75 Å². The first-order chi connectivity index (χ1) is 17.5. The minimum absolute atomic E-state index is 0.0153. The second kappa shape index (κ2) is 10.3. The maximum absolute atomic E-state index is 13.9. The van der Waals surface area contributed by atoms with E-state index in [0.717, 1.165) is 16.9 Å². The van der Waals surface area contributed by atoms with Crippen molar-refractivity contribution < 1.29 is 9.50 Å². The fourth-order valence-electron chi connectivity index (χ4n) is 4.93. The molecule has 0 amide bonds. The van der Waals surface area contributed by atoms with Gasteiger partial charge >= 0.3 is 0 Å². The van der Waals surface area contributed by atoms with Crippen LogP contribution in [0, 0.1) is 12.7 Å². The number of pyridine rings is 2. The lowest BCUT2D eigenvalue weighted by atomic mass is 9.99. The van der Waals surface area contributed by atoms with Gasteiger partial charge in [-0.15, -0.1) is 0 Å². The normalized spacial score (nSPS) is 15.1. The second-order valence-corrected chi connectivity index (χ2v) is 9.12. The quantitative estimate of drug-likeness (QED) is 0.441. The van der Waals surface area contributed by atoms with Gasteiger partial charge in [-0.1, -0.05) is 36.4 Å². The first kappa shape index (κ1) is 23.8. The molecule has 3 heterocycles. The Morgan fingerprint density at radius 1 is 0.944 bits per heavy atom. The SMILES string of the molecule is Cc1cc(O)c(C(c2ccccn2)N2CCN(c3ccc(F)cc3)CC2)c(=O)n1Cc1ccccc1. The number of nitrogens with zero attached hydrogens (tertiary/aromatic N) is 4. The van der Waals surface area contributed by atoms with E-state index in [0.29, 0.717) is 44.0 Å². The molecule has 1 atom stereocenters. The summed E-state index contributed by atoms with van der Waals surface area (Å²) in [4.78, 5) is 22.9. The molecule has 6 nitrogen and oxygen atoms in total. The Bertz CT molecular complexity index is 1370. The van der Waals surface area contributed by atoms with Gasteiger partial charge in [-0.2, -0.15) is 0 Å². The van der Waals surface area contributed by atoms with Crippen LogP contribution in [0.1, 0.15) is 28.6 Å². The molecule has 1 unspecified atom stereocenters. The molecule has 1 aliphatic rings. The summed E-state index contributed by atoms with van der Waals surface area (Å²) >= 11 is 0. The molecular formula is C29H29FN4O2. The van der Waals surface area contributed by atoms with Crippen molar-refractivity contribution in [3.63, 3.8) is 0 Å². The minimum atomic E-state index is -0.489. The molecule has 1 N–H and O–H groups in total. The van der Waals surface area contributed by atoms with Crippen LogP contribution in [-0.4, -0.2) is 45.7 Å². The predicted octanol–water partition coefficient (Wildman–Crippen LogP) is 4.36. The highest BCUT2D eigenvalue weighted by Crippen LogP contribution is 2.33. The van der Waals surface area contributed by atoms with E-state index < -0.39 is 6.04 Å². The molecule has 1 saturated heterocycles. The van der Waals surface area contributed by atoms with Crippen LogP contribution in [0.4, 0.5) is 10.1 Å². The molecule has 36 heavy (non-hydrogen) atoms. The molecule has 0 saturated carbocycles. The van der Waals surface area contributed by atoms with Crippen LogP contribution in [-0.2, 0) is 6.54 Å². The third-order valence-electron chi connectivity index (χ3n) is 6.82. The molecule has 184 valence electrons. The van der Waals surface area contributed by atoms with E-state index in [-0.39, 0.29) is 17.1 Å². The average Bonchev–Trinajstić information content (AvgIpc) is 2.91. The van der Waals surface area contributed by atoms with Crippen LogP contribution in [0.2, 0.25) is 0 Å². The molecule has 1 aliphatic heterocycles.